The maximum absolute atomic E-state index is 12.6. The Morgan fingerprint density at radius 2 is 1.79 bits per heavy atom. The zero-order chi connectivity index (χ0) is 20.7. The number of nitrogens with zero attached hydrogens (tertiary/aromatic N) is 1. The summed E-state index contributed by atoms with van der Waals surface area (Å²) >= 11 is 0. The molecule has 0 heterocycles. The van der Waals surface area contributed by atoms with E-state index in [1.165, 1.54) is 23.1 Å². The fourth-order valence-electron chi connectivity index (χ4n) is 2.55. The first-order valence-corrected chi connectivity index (χ1v) is 8.89. The lowest BCUT2D eigenvalue weighted by Gasteiger charge is -2.29. The fourth-order valence-corrected chi connectivity index (χ4v) is 2.55. The summed E-state index contributed by atoms with van der Waals surface area (Å²) in [5.41, 5.74) is 0.539. The molecule has 7 heteroatoms. The lowest BCUT2D eigenvalue weighted by atomic mass is 10.1. The van der Waals surface area contributed by atoms with Crippen molar-refractivity contribution in [3.05, 3.63) is 65.7 Å². The van der Waals surface area contributed by atoms with Gasteiger partial charge in [0.1, 0.15) is 11.4 Å². The van der Waals surface area contributed by atoms with Crippen LogP contribution in [-0.4, -0.2) is 34.9 Å². The molecule has 0 aliphatic heterocycles. The molecule has 0 fully saturated rings. The summed E-state index contributed by atoms with van der Waals surface area (Å²) in [5.74, 6) is -0.0570. The summed E-state index contributed by atoms with van der Waals surface area (Å²) in [6, 6.07) is 15.1. The number of hydrogen-bond donors (Lipinski definition) is 1. The smallest absolute Gasteiger partial charge is 0.410 e. The number of rotatable bonds is 7. The molecular weight excluding hydrogens is 368 g/mol. The molecule has 2 aromatic carbocycles. The van der Waals surface area contributed by atoms with E-state index in [-0.39, 0.29) is 18.8 Å². The van der Waals surface area contributed by atoms with Crippen molar-refractivity contribution in [3.8, 4) is 5.75 Å². The average Bonchev–Trinajstić information content (AvgIpc) is 2.60. The third-order valence-electron chi connectivity index (χ3n) is 3.73. The minimum Gasteiger partial charge on any atom is -0.444 e. The normalized spacial score (nSPS) is 12.5. The van der Waals surface area contributed by atoms with Gasteiger partial charge in [-0.1, -0.05) is 42.5 Å². The number of ether oxygens (including phenoxy) is 2. The molecular formula is C21H25F2NO4. The summed E-state index contributed by atoms with van der Waals surface area (Å²) in [7, 11) is 0. The third kappa shape index (κ3) is 7.15. The number of hydrogen-bond acceptors (Lipinski definition) is 4. The van der Waals surface area contributed by atoms with Gasteiger partial charge in [-0.3, -0.25) is 0 Å². The second-order valence-corrected chi connectivity index (χ2v) is 7.31. The second-order valence-electron chi connectivity index (χ2n) is 7.31. The Bertz CT molecular complexity index is 763. The Kier molecular flexibility index (Phi) is 7.34. The Hall–Kier alpha value is -2.67. The van der Waals surface area contributed by atoms with Crippen LogP contribution in [0.2, 0.25) is 0 Å². The highest BCUT2D eigenvalue weighted by Gasteiger charge is 2.25. The van der Waals surface area contributed by atoms with Crippen LogP contribution in [-0.2, 0) is 11.3 Å². The first-order valence-electron chi connectivity index (χ1n) is 8.89. The van der Waals surface area contributed by atoms with Gasteiger partial charge in [0.25, 0.3) is 0 Å². The summed E-state index contributed by atoms with van der Waals surface area (Å²) in [4.78, 5) is 14.0. The van der Waals surface area contributed by atoms with E-state index in [1.807, 2.05) is 30.3 Å². The molecule has 0 saturated heterocycles. The van der Waals surface area contributed by atoms with Gasteiger partial charge in [0.15, 0.2) is 0 Å². The van der Waals surface area contributed by atoms with Crippen LogP contribution in [0.4, 0.5) is 13.6 Å². The van der Waals surface area contributed by atoms with Crippen LogP contribution in [0.1, 0.15) is 38.0 Å². The lowest BCUT2D eigenvalue weighted by Crippen LogP contribution is -2.38. The van der Waals surface area contributed by atoms with Crippen LogP contribution in [0, 0.1) is 0 Å². The molecule has 0 radical (unpaired) electrons. The summed E-state index contributed by atoms with van der Waals surface area (Å²) in [6.07, 6.45) is -1.67. The maximum Gasteiger partial charge on any atom is 0.410 e. The zero-order valence-electron chi connectivity index (χ0n) is 16.1. The standard InChI is InChI=1S/C21H25F2NO4/c1-21(2,3)28-20(26)24(13-15-8-5-4-6-9-15)14-18(25)16-10-7-11-17(12-16)27-19(22)23/h4-12,18-19,25H,13-14H2,1-3H3. The van der Waals surface area contributed by atoms with Crippen LogP contribution < -0.4 is 4.74 Å². The van der Waals surface area contributed by atoms with Gasteiger partial charge in [-0.25, -0.2) is 4.79 Å². The van der Waals surface area contributed by atoms with Crippen molar-refractivity contribution in [2.24, 2.45) is 0 Å². The van der Waals surface area contributed by atoms with E-state index in [2.05, 4.69) is 4.74 Å². The lowest BCUT2D eigenvalue weighted by molar-refractivity contribution is -0.0500. The Labute approximate surface area is 163 Å². The number of aliphatic hydroxyl groups is 1. The minimum absolute atomic E-state index is 0.0570. The predicted octanol–water partition coefficient (Wildman–Crippen LogP) is 4.76. The van der Waals surface area contributed by atoms with E-state index >= 15 is 0 Å². The quantitative estimate of drug-likeness (QED) is 0.737. The van der Waals surface area contributed by atoms with Crippen molar-refractivity contribution in [2.45, 2.75) is 45.6 Å². The topological polar surface area (TPSA) is 59.0 Å². The van der Waals surface area contributed by atoms with Crippen LogP contribution >= 0.6 is 0 Å². The van der Waals surface area contributed by atoms with Gasteiger partial charge in [0, 0.05) is 6.54 Å². The predicted molar refractivity (Wildman–Crippen MR) is 101 cm³/mol. The van der Waals surface area contributed by atoms with Gasteiger partial charge < -0.3 is 19.5 Å². The van der Waals surface area contributed by atoms with E-state index in [4.69, 9.17) is 4.74 Å². The summed E-state index contributed by atoms with van der Waals surface area (Å²) in [5, 5.41) is 10.6. The van der Waals surface area contributed by atoms with Crippen molar-refractivity contribution in [2.75, 3.05) is 6.54 Å². The third-order valence-corrected chi connectivity index (χ3v) is 3.73. The molecule has 1 atom stereocenters. The Balaban J connectivity index is 2.17. The van der Waals surface area contributed by atoms with Crippen LogP contribution in [0.3, 0.4) is 0 Å². The molecule has 1 unspecified atom stereocenters. The average molecular weight is 393 g/mol. The van der Waals surface area contributed by atoms with E-state index in [9.17, 15) is 18.7 Å². The highest BCUT2D eigenvalue weighted by Crippen LogP contribution is 2.23. The van der Waals surface area contributed by atoms with Gasteiger partial charge in [0.2, 0.25) is 0 Å². The number of alkyl halides is 2. The molecule has 28 heavy (non-hydrogen) atoms. The molecule has 0 aromatic heterocycles. The zero-order valence-corrected chi connectivity index (χ0v) is 16.1. The molecule has 152 valence electrons. The molecule has 1 N–H and O–H groups in total. The van der Waals surface area contributed by atoms with Crippen molar-refractivity contribution in [3.63, 3.8) is 0 Å². The van der Waals surface area contributed by atoms with Gasteiger partial charge in [-0.2, -0.15) is 8.78 Å². The summed E-state index contributed by atoms with van der Waals surface area (Å²) < 4.78 is 34.6. The summed E-state index contributed by atoms with van der Waals surface area (Å²) in [6.45, 7) is 2.49. The number of amides is 1. The fraction of sp³-hybridized carbons (Fsp3) is 0.381. The minimum atomic E-state index is -2.95. The molecule has 1 amide bonds. The number of halogens is 2. The number of carbonyl (C=O) groups excluding carboxylic acids is 1. The number of benzene rings is 2. The number of aliphatic hydroxyl groups excluding tert-OH is 1. The molecule has 2 rings (SSSR count). The van der Waals surface area contributed by atoms with Gasteiger partial charge >= 0.3 is 12.7 Å². The maximum atomic E-state index is 12.6. The molecule has 0 saturated carbocycles. The number of carbonyl (C=O) groups is 1. The molecule has 5 nitrogen and oxygen atoms in total. The van der Waals surface area contributed by atoms with Gasteiger partial charge in [-0.15, -0.1) is 0 Å². The molecule has 0 aliphatic carbocycles. The monoisotopic (exact) mass is 393 g/mol. The highest BCUT2D eigenvalue weighted by molar-refractivity contribution is 5.68. The van der Waals surface area contributed by atoms with E-state index in [1.54, 1.807) is 26.8 Å². The van der Waals surface area contributed by atoms with Gasteiger partial charge in [0.05, 0.1) is 12.6 Å². The SMILES string of the molecule is CC(C)(C)OC(=O)N(Cc1ccccc1)CC(O)c1cccc(OC(F)F)c1. The molecule has 0 spiro atoms. The molecule has 2 aromatic rings. The van der Waals surface area contributed by atoms with E-state index < -0.39 is 24.4 Å². The van der Waals surface area contributed by atoms with Gasteiger partial charge in [-0.05, 0) is 44.0 Å². The molecule has 0 bridgehead atoms. The first-order chi connectivity index (χ1) is 13.1. The Morgan fingerprint density at radius 3 is 2.39 bits per heavy atom. The van der Waals surface area contributed by atoms with Crippen LogP contribution in [0.5, 0.6) is 5.75 Å². The van der Waals surface area contributed by atoms with E-state index in [0.717, 1.165) is 5.56 Å². The van der Waals surface area contributed by atoms with Crippen LogP contribution in [0.15, 0.2) is 54.6 Å². The molecule has 0 aliphatic rings. The highest BCUT2D eigenvalue weighted by atomic mass is 19.3. The van der Waals surface area contributed by atoms with Crippen molar-refractivity contribution in [1.29, 1.82) is 0 Å². The van der Waals surface area contributed by atoms with Crippen molar-refractivity contribution >= 4 is 6.09 Å². The first kappa shape index (κ1) is 21.6. The van der Waals surface area contributed by atoms with Crippen molar-refractivity contribution < 1.29 is 28.2 Å². The van der Waals surface area contributed by atoms with E-state index in [0.29, 0.717) is 5.56 Å². The second kappa shape index (κ2) is 9.50. The largest absolute Gasteiger partial charge is 0.444 e. The van der Waals surface area contributed by atoms with Crippen LogP contribution in [0.25, 0.3) is 0 Å². The Morgan fingerprint density at radius 1 is 1.11 bits per heavy atom. The van der Waals surface area contributed by atoms with Crippen molar-refractivity contribution in [1.82, 2.24) is 4.90 Å².